The standard InChI is InChI=1S/C20H29ClN2O5/c1-4-28-20(25)18-15(11-27-10-9-22)23-12(2)16(19(24)26-3)17(18)13-7-5-6-8-14(13)21/h5-8,16-17,19-20,24-25H,4,9-11,22H2,1-3H3/t16?,17-,19?,20?/m0/s1. The summed E-state index contributed by atoms with van der Waals surface area (Å²) in [5, 5.41) is 21.9. The Bertz CT molecular complexity index is 710. The zero-order valence-electron chi connectivity index (χ0n) is 16.5. The van der Waals surface area contributed by atoms with E-state index in [1.165, 1.54) is 7.11 Å². The van der Waals surface area contributed by atoms with Crippen LogP contribution in [0.5, 0.6) is 0 Å². The van der Waals surface area contributed by atoms with E-state index in [1.54, 1.807) is 13.0 Å². The molecule has 4 atom stereocenters. The van der Waals surface area contributed by atoms with Gasteiger partial charge < -0.3 is 30.2 Å². The Labute approximate surface area is 170 Å². The number of rotatable bonds is 10. The van der Waals surface area contributed by atoms with Gasteiger partial charge in [-0.05, 0) is 25.5 Å². The minimum Gasteiger partial charge on any atom is -0.374 e. The quantitative estimate of drug-likeness (QED) is 0.401. The maximum absolute atomic E-state index is 10.8. The zero-order chi connectivity index (χ0) is 20.7. The van der Waals surface area contributed by atoms with Gasteiger partial charge in [-0.2, -0.15) is 0 Å². The van der Waals surface area contributed by atoms with Crippen molar-refractivity contribution in [2.24, 2.45) is 16.6 Å². The molecule has 28 heavy (non-hydrogen) atoms. The molecule has 2 rings (SSSR count). The van der Waals surface area contributed by atoms with Gasteiger partial charge in [0.1, 0.15) is 0 Å². The summed E-state index contributed by atoms with van der Waals surface area (Å²) in [5.74, 6) is -1.05. The predicted octanol–water partition coefficient (Wildman–Crippen LogP) is 2.06. The molecule has 0 saturated heterocycles. The summed E-state index contributed by atoms with van der Waals surface area (Å²) in [6.07, 6.45) is -2.37. The minimum absolute atomic E-state index is 0.157. The van der Waals surface area contributed by atoms with Gasteiger partial charge in [0.2, 0.25) is 0 Å². The summed E-state index contributed by atoms with van der Waals surface area (Å²) < 4.78 is 16.3. The number of aliphatic hydroxyl groups is 2. The van der Waals surface area contributed by atoms with Crippen LogP contribution in [0.25, 0.3) is 0 Å². The molecule has 8 heteroatoms. The van der Waals surface area contributed by atoms with E-state index in [0.717, 1.165) is 5.56 Å². The smallest absolute Gasteiger partial charge is 0.179 e. The second kappa shape index (κ2) is 11.0. The number of aliphatic imine (C=N–C) groups is 1. The number of hydrogen-bond donors (Lipinski definition) is 3. The molecule has 0 radical (unpaired) electrons. The number of nitrogens with two attached hydrogens (primary N) is 1. The number of ether oxygens (including phenoxy) is 3. The Balaban J connectivity index is 2.64. The Morgan fingerprint density at radius 3 is 2.61 bits per heavy atom. The highest BCUT2D eigenvalue weighted by atomic mass is 35.5. The predicted molar refractivity (Wildman–Crippen MR) is 108 cm³/mol. The molecule has 0 spiro atoms. The molecule has 0 saturated carbocycles. The molecule has 3 unspecified atom stereocenters. The van der Waals surface area contributed by atoms with E-state index in [4.69, 9.17) is 31.5 Å². The van der Waals surface area contributed by atoms with Crippen molar-refractivity contribution in [3.05, 3.63) is 46.1 Å². The van der Waals surface area contributed by atoms with Crippen molar-refractivity contribution in [1.29, 1.82) is 0 Å². The van der Waals surface area contributed by atoms with E-state index in [0.29, 0.717) is 41.8 Å². The van der Waals surface area contributed by atoms with Crippen LogP contribution in [0.3, 0.4) is 0 Å². The molecule has 4 N–H and O–H groups in total. The average molecular weight is 413 g/mol. The van der Waals surface area contributed by atoms with E-state index < -0.39 is 24.4 Å². The van der Waals surface area contributed by atoms with Crippen LogP contribution < -0.4 is 5.73 Å². The third kappa shape index (κ3) is 5.18. The van der Waals surface area contributed by atoms with Crippen LogP contribution in [0, 0.1) is 5.92 Å². The van der Waals surface area contributed by atoms with E-state index in [9.17, 15) is 10.2 Å². The van der Waals surface area contributed by atoms with Gasteiger partial charge in [-0.25, -0.2) is 0 Å². The third-order valence-corrected chi connectivity index (χ3v) is 5.05. The molecule has 1 aromatic carbocycles. The molecule has 7 nitrogen and oxygen atoms in total. The van der Waals surface area contributed by atoms with Crippen molar-refractivity contribution in [2.45, 2.75) is 32.3 Å². The van der Waals surface area contributed by atoms with Crippen LogP contribution in [0.2, 0.25) is 5.02 Å². The molecule has 1 aliphatic heterocycles. The maximum atomic E-state index is 10.8. The number of halogens is 1. The Morgan fingerprint density at radius 1 is 1.29 bits per heavy atom. The lowest BCUT2D eigenvalue weighted by atomic mass is 9.75. The van der Waals surface area contributed by atoms with Gasteiger partial charge in [0.15, 0.2) is 12.6 Å². The number of methoxy groups -OCH3 is 1. The molecule has 1 aliphatic rings. The van der Waals surface area contributed by atoms with Gasteiger partial charge in [-0.3, -0.25) is 4.99 Å². The van der Waals surface area contributed by atoms with Crippen molar-refractivity contribution in [2.75, 3.05) is 33.5 Å². The summed E-state index contributed by atoms with van der Waals surface area (Å²) in [6, 6.07) is 7.31. The van der Waals surface area contributed by atoms with E-state index in [2.05, 4.69) is 4.99 Å². The minimum atomic E-state index is -1.23. The lowest BCUT2D eigenvalue weighted by Gasteiger charge is -2.38. The normalized spacial score (nSPS) is 22.2. The first-order valence-electron chi connectivity index (χ1n) is 9.27. The maximum Gasteiger partial charge on any atom is 0.179 e. The van der Waals surface area contributed by atoms with Crippen molar-refractivity contribution >= 4 is 17.3 Å². The van der Waals surface area contributed by atoms with Crippen molar-refractivity contribution in [3.63, 3.8) is 0 Å². The molecule has 1 heterocycles. The lowest BCUT2D eigenvalue weighted by molar-refractivity contribution is -0.108. The topological polar surface area (TPSA) is 107 Å². The van der Waals surface area contributed by atoms with Crippen molar-refractivity contribution in [3.8, 4) is 0 Å². The lowest BCUT2D eigenvalue weighted by Crippen LogP contribution is -2.40. The van der Waals surface area contributed by atoms with E-state index >= 15 is 0 Å². The Kier molecular flexibility index (Phi) is 9.04. The summed E-state index contributed by atoms with van der Waals surface area (Å²) in [4.78, 5) is 4.60. The first-order chi connectivity index (χ1) is 13.5. The second-order valence-corrected chi connectivity index (χ2v) is 6.86. The Morgan fingerprint density at radius 2 is 2.00 bits per heavy atom. The molecule has 0 bridgehead atoms. The fraction of sp³-hybridized carbons (Fsp3) is 0.550. The van der Waals surface area contributed by atoms with Crippen LogP contribution in [0.4, 0.5) is 0 Å². The summed E-state index contributed by atoms with van der Waals surface area (Å²) in [6.45, 7) is 4.79. The molecule has 0 aliphatic carbocycles. The highest BCUT2D eigenvalue weighted by molar-refractivity contribution is 6.31. The summed E-state index contributed by atoms with van der Waals surface area (Å²) in [7, 11) is 1.42. The van der Waals surface area contributed by atoms with Crippen molar-refractivity contribution < 1.29 is 24.4 Å². The zero-order valence-corrected chi connectivity index (χ0v) is 17.2. The largest absolute Gasteiger partial charge is 0.374 e. The van der Waals surface area contributed by atoms with Crippen LogP contribution in [-0.2, 0) is 14.2 Å². The summed E-state index contributed by atoms with van der Waals surface area (Å²) in [5.41, 5.74) is 7.94. The second-order valence-electron chi connectivity index (χ2n) is 6.46. The molecule has 156 valence electrons. The number of hydrogen-bond acceptors (Lipinski definition) is 7. The van der Waals surface area contributed by atoms with Gasteiger partial charge in [0.05, 0.1) is 24.8 Å². The van der Waals surface area contributed by atoms with Gasteiger partial charge >= 0.3 is 0 Å². The third-order valence-electron chi connectivity index (χ3n) is 4.70. The molecule has 0 amide bonds. The van der Waals surface area contributed by atoms with Gasteiger partial charge in [-0.1, -0.05) is 29.8 Å². The fourth-order valence-corrected chi connectivity index (χ4v) is 3.74. The average Bonchev–Trinajstić information content (AvgIpc) is 2.67. The van der Waals surface area contributed by atoms with E-state index in [1.807, 2.05) is 25.1 Å². The fourth-order valence-electron chi connectivity index (χ4n) is 3.48. The highest BCUT2D eigenvalue weighted by Crippen LogP contribution is 2.44. The van der Waals surface area contributed by atoms with Crippen molar-refractivity contribution in [1.82, 2.24) is 0 Å². The molecule has 1 aromatic rings. The SMILES string of the molecule is CCOC(O)C1=C(COCCN)N=C(C)C(C(O)OC)[C@@H]1c1ccccc1Cl. The number of aliphatic hydroxyl groups excluding tert-OH is 2. The first kappa shape index (κ1) is 23.0. The van der Waals surface area contributed by atoms with E-state index in [-0.39, 0.29) is 6.61 Å². The monoisotopic (exact) mass is 412 g/mol. The van der Waals surface area contributed by atoms with Gasteiger partial charge in [0, 0.05) is 42.5 Å². The van der Waals surface area contributed by atoms with Crippen LogP contribution in [-0.4, -0.2) is 62.0 Å². The highest BCUT2D eigenvalue weighted by Gasteiger charge is 2.42. The van der Waals surface area contributed by atoms with Crippen LogP contribution in [0.1, 0.15) is 25.3 Å². The molecule has 0 aromatic heterocycles. The number of benzene rings is 1. The van der Waals surface area contributed by atoms with Gasteiger partial charge in [0.25, 0.3) is 0 Å². The first-order valence-corrected chi connectivity index (χ1v) is 9.64. The Hall–Kier alpha value is -1.32. The van der Waals surface area contributed by atoms with Crippen LogP contribution >= 0.6 is 11.6 Å². The molecular weight excluding hydrogens is 384 g/mol. The van der Waals surface area contributed by atoms with Crippen LogP contribution in [0.15, 0.2) is 40.5 Å². The van der Waals surface area contributed by atoms with Gasteiger partial charge in [-0.15, -0.1) is 0 Å². The number of nitrogens with zero attached hydrogens (tertiary/aromatic N) is 1. The summed E-state index contributed by atoms with van der Waals surface area (Å²) >= 11 is 6.48. The molecule has 0 fully saturated rings. The molecular formula is C20H29ClN2O5.